The van der Waals surface area contributed by atoms with E-state index in [0.29, 0.717) is 35.6 Å². The van der Waals surface area contributed by atoms with Crippen molar-refractivity contribution >= 4 is 29.3 Å². The first kappa shape index (κ1) is 30.7. The summed E-state index contributed by atoms with van der Waals surface area (Å²) in [5, 5.41) is 9.50. The van der Waals surface area contributed by atoms with Crippen LogP contribution >= 0.6 is 0 Å². The second-order valence-corrected chi connectivity index (χ2v) is 11.5. The predicted octanol–water partition coefficient (Wildman–Crippen LogP) is 6.89. The van der Waals surface area contributed by atoms with Gasteiger partial charge in [0.2, 0.25) is 11.7 Å². The first-order chi connectivity index (χ1) is 19.8. The van der Waals surface area contributed by atoms with Crippen LogP contribution in [0.5, 0.6) is 0 Å². The average Bonchev–Trinajstić information content (AvgIpc) is 3.28. The lowest BCUT2D eigenvalue weighted by Crippen LogP contribution is -2.39. The lowest BCUT2D eigenvalue weighted by atomic mass is 9.78. The smallest absolute Gasteiger partial charge is 0.412 e. The summed E-state index contributed by atoms with van der Waals surface area (Å²) in [6, 6.07) is 9.37. The molecule has 2 N–H and O–H groups in total. The zero-order chi connectivity index (χ0) is 30.6. The van der Waals surface area contributed by atoms with Crippen molar-refractivity contribution in [1.29, 1.82) is 0 Å². The number of ether oxygens (including phenoxy) is 2. The molecule has 1 fully saturated rings. The van der Waals surface area contributed by atoms with E-state index in [4.69, 9.17) is 14.0 Å². The molecular formula is C31H37FN4O6. The Morgan fingerprint density at radius 2 is 1.69 bits per heavy atom. The predicted molar refractivity (Wildman–Crippen MR) is 154 cm³/mol. The number of carbonyl (C=O) groups is 3. The Balaban J connectivity index is 1.46. The number of esters is 1. The Hall–Kier alpha value is -4.28. The van der Waals surface area contributed by atoms with Gasteiger partial charge >= 0.3 is 12.1 Å². The zero-order valence-corrected chi connectivity index (χ0v) is 24.7. The average molecular weight is 581 g/mol. The molecular weight excluding hydrogens is 543 g/mol. The van der Waals surface area contributed by atoms with Gasteiger partial charge in [-0.2, -0.15) is 0 Å². The van der Waals surface area contributed by atoms with Crippen LogP contribution in [-0.2, 0) is 19.1 Å². The standard InChI is InChI=1S/C31H37FN4O6/c1-17-24(34-28(37)21-12-7-8-13-22(21)29(38)41-31(4,5)6)15-16-25(33-17)27-26(18(2)36-42-27)35-30(39)40-19(3)20-11-9-10-14-23(20)32/h9-11,14-16,19,21-22H,7-8,12-13H2,1-6H3,(H,34,37)(H,35,39)/t19-,21+,22+/m1/s1. The van der Waals surface area contributed by atoms with Gasteiger partial charge < -0.3 is 19.3 Å². The van der Waals surface area contributed by atoms with E-state index in [9.17, 15) is 18.8 Å². The fourth-order valence-corrected chi connectivity index (χ4v) is 5.00. The minimum Gasteiger partial charge on any atom is -0.460 e. The third kappa shape index (κ3) is 7.32. The summed E-state index contributed by atoms with van der Waals surface area (Å²) < 4.78 is 30.5. The molecule has 0 aliphatic heterocycles. The Morgan fingerprint density at radius 3 is 2.36 bits per heavy atom. The lowest BCUT2D eigenvalue weighted by Gasteiger charge is -2.31. The van der Waals surface area contributed by atoms with Crippen molar-refractivity contribution in [3.8, 4) is 11.5 Å². The maximum atomic E-state index is 14.1. The summed E-state index contributed by atoms with van der Waals surface area (Å²) >= 11 is 0. The lowest BCUT2D eigenvalue weighted by molar-refractivity contribution is -0.164. The van der Waals surface area contributed by atoms with Crippen LogP contribution in [0.3, 0.4) is 0 Å². The highest BCUT2D eigenvalue weighted by Crippen LogP contribution is 2.35. The second-order valence-electron chi connectivity index (χ2n) is 11.5. The highest BCUT2D eigenvalue weighted by Gasteiger charge is 2.38. The monoisotopic (exact) mass is 580 g/mol. The molecule has 224 valence electrons. The van der Waals surface area contributed by atoms with Crippen molar-refractivity contribution in [3.05, 3.63) is 59.2 Å². The Morgan fingerprint density at radius 1 is 1.00 bits per heavy atom. The Bertz CT molecular complexity index is 1460. The van der Waals surface area contributed by atoms with Crippen LogP contribution < -0.4 is 10.6 Å². The van der Waals surface area contributed by atoms with E-state index < -0.39 is 35.5 Å². The summed E-state index contributed by atoms with van der Waals surface area (Å²) in [6.45, 7) is 10.4. The second kappa shape index (κ2) is 12.7. The minimum absolute atomic E-state index is 0.196. The maximum absolute atomic E-state index is 14.1. The number of nitrogens with zero attached hydrogens (tertiary/aromatic N) is 2. The van der Waals surface area contributed by atoms with Crippen molar-refractivity contribution in [2.45, 2.75) is 78.9 Å². The third-order valence-corrected chi connectivity index (χ3v) is 7.11. The molecule has 3 atom stereocenters. The number of benzene rings is 1. The molecule has 0 unspecified atom stereocenters. The molecule has 2 amide bonds. The van der Waals surface area contributed by atoms with Crippen molar-refractivity contribution in [1.82, 2.24) is 10.1 Å². The number of hydrogen-bond acceptors (Lipinski definition) is 8. The van der Waals surface area contributed by atoms with Gasteiger partial charge in [-0.1, -0.05) is 36.2 Å². The van der Waals surface area contributed by atoms with Gasteiger partial charge in [0.25, 0.3) is 0 Å². The number of carbonyl (C=O) groups excluding carboxylic acids is 3. The van der Waals surface area contributed by atoms with Crippen LogP contribution in [0.1, 0.15) is 76.4 Å². The van der Waals surface area contributed by atoms with Gasteiger partial charge in [-0.15, -0.1) is 0 Å². The van der Waals surface area contributed by atoms with E-state index in [0.717, 1.165) is 12.8 Å². The van der Waals surface area contributed by atoms with Gasteiger partial charge in [-0.25, -0.2) is 14.2 Å². The van der Waals surface area contributed by atoms with E-state index in [2.05, 4.69) is 20.8 Å². The number of anilines is 2. The topological polar surface area (TPSA) is 133 Å². The van der Waals surface area contributed by atoms with Crippen molar-refractivity contribution in [2.24, 2.45) is 11.8 Å². The van der Waals surface area contributed by atoms with Crippen molar-refractivity contribution in [2.75, 3.05) is 10.6 Å². The van der Waals surface area contributed by atoms with Crippen molar-refractivity contribution < 1.29 is 32.8 Å². The normalized spacial score (nSPS) is 17.7. The van der Waals surface area contributed by atoms with Gasteiger partial charge in [0, 0.05) is 5.56 Å². The van der Waals surface area contributed by atoms with Crippen LogP contribution in [0.2, 0.25) is 0 Å². The molecule has 0 radical (unpaired) electrons. The summed E-state index contributed by atoms with van der Waals surface area (Å²) in [5.74, 6) is -1.89. The number of nitrogens with one attached hydrogen (secondary N) is 2. The molecule has 2 aromatic heterocycles. The van der Waals surface area contributed by atoms with Crippen LogP contribution in [0.15, 0.2) is 40.9 Å². The van der Waals surface area contributed by atoms with E-state index in [-0.39, 0.29) is 28.9 Å². The number of hydrogen-bond donors (Lipinski definition) is 2. The number of pyridine rings is 1. The molecule has 4 rings (SSSR count). The molecule has 1 aliphatic carbocycles. The van der Waals surface area contributed by atoms with Crippen LogP contribution in [0.4, 0.5) is 20.6 Å². The van der Waals surface area contributed by atoms with Gasteiger partial charge in [-0.3, -0.25) is 14.9 Å². The van der Waals surface area contributed by atoms with Gasteiger partial charge in [0.05, 0.1) is 23.2 Å². The van der Waals surface area contributed by atoms with E-state index in [1.165, 1.54) is 6.07 Å². The number of halogens is 1. The van der Waals surface area contributed by atoms with Crippen molar-refractivity contribution in [3.63, 3.8) is 0 Å². The highest BCUT2D eigenvalue weighted by atomic mass is 19.1. The van der Waals surface area contributed by atoms with E-state index in [1.807, 2.05) is 20.8 Å². The summed E-state index contributed by atoms with van der Waals surface area (Å²) in [4.78, 5) is 43.3. The fourth-order valence-electron chi connectivity index (χ4n) is 5.00. The maximum Gasteiger partial charge on any atom is 0.412 e. The summed E-state index contributed by atoms with van der Waals surface area (Å²) in [5.41, 5.74) is 1.62. The molecule has 0 saturated heterocycles. The van der Waals surface area contributed by atoms with E-state index in [1.54, 1.807) is 51.1 Å². The molecule has 42 heavy (non-hydrogen) atoms. The largest absolute Gasteiger partial charge is 0.460 e. The molecule has 0 bridgehead atoms. The molecule has 10 nitrogen and oxygen atoms in total. The molecule has 2 heterocycles. The molecule has 11 heteroatoms. The van der Waals surface area contributed by atoms with Crippen LogP contribution in [-0.4, -0.2) is 33.7 Å². The minimum atomic E-state index is -0.836. The summed E-state index contributed by atoms with van der Waals surface area (Å²) in [6.07, 6.45) is 1.27. The quantitative estimate of drug-likeness (QED) is 0.289. The number of aryl methyl sites for hydroxylation is 2. The number of aromatic nitrogens is 2. The molecule has 0 spiro atoms. The van der Waals surface area contributed by atoms with Gasteiger partial charge in [0.15, 0.2) is 0 Å². The molecule has 1 aromatic carbocycles. The summed E-state index contributed by atoms with van der Waals surface area (Å²) in [7, 11) is 0. The van der Waals surface area contributed by atoms with E-state index >= 15 is 0 Å². The SMILES string of the molecule is Cc1nc(-c2onc(C)c2NC(=O)O[C@H](C)c2ccccc2F)ccc1NC(=O)[C@H]1CCCC[C@@H]1C(=O)OC(C)(C)C. The van der Waals surface area contributed by atoms with Gasteiger partial charge in [0.1, 0.15) is 34.6 Å². The first-order valence-corrected chi connectivity index (χ1v) is 14.0. The zero-order valence-electron chi connectivity index (χ0n) is 24.7. The number of rotatable bonds is 7. The molecule has 1 aliphatic rings. The fraction of sp³-hybridized carbons (Fsp3) is 0.452. The van der Waals surface area contributed by atoms with Gasteiger partial charge in [-0.05, 0) is 72.6 Å². The van der Waals surface area contributed by atoms with Crippen LogP contribution in [0.25, 0.3) is 11.5 Å². The molecule has 3 aromatic rings. The highest BCUT2D eigenvalue weighted by molar-refractivity contribution is 5.96. The number of amides is 2. The van der Waals surface area contributed by atoms with Crippen LogP contribution in [0, 0.1) is 31.5 Å². The Labute approximate surface area is 244 Å². The first-order valence-electron chi connectivity index (χ1n) is 14.0. The molecule has 1 saturated carbocycles. The third-order valence-electron chi connectivity index (χ3n) is 7.11. The Kier molecular flexibility index (Phi) is 9.28.